The zero-order valence-corrected chi connectivity index (χ0v) is 16.1. The summed E-state index contributed by atoms with van der Waals surface area (Å²) in [5.74, 6) is -0.636. The number of amides is 1. The molecular weight excluding hydrogens is 334 g/mol. The molecule has 1 rings (SSSR count). The number of carbonyl (C=O) groups is 2. The van der Waals surface area contributed by atoms with Gasteiger partial charge in [-0.25, -0.2) is 0 Å². The summed E-state index contributed by atoms with van der Waals surface area (Å²) in [7, 11) is 1.35. The van der Waals surface area contributed by atoms with E-state index in [1.807, 2.05) is 32.9 Å². The maximum absolute atomic E-state index is 12.7. The van der Waals surface area contributed by atoms with Crippen LogP contribution >= 0.6 is 0 Å². The monoisotopic (exact) mass is 365 g/mol. The molecule has 6 heteroatoms. The number of aliphatic hydroxyl groups excluding tert-OH is 1. The summed E-state index contributed by atoms with van der Waals surface area (Å²) < 4.78 is 4.76. The lowest BCUT2D eigenvalue weighted by Crippen LogP contribution is -2.31. The van der Waals surface area contributed by atoms with Gasteiger partial charge in [0.2, 0.25) is 0 Å². The molecule has 0 aromatic heterocycles. The molecule has 0 aromatic carbocycles. The van der Waals surface area contributed by atoms with E-state index in [2.05, 4.69) is 6.58 Å². The van der Waals surface area contributed by atoms with Gasteiger partial charge in [0.25, 0.3) is 5.91 Å². The van der Waals surface area contributed by atoms with E-state index in [1.54, 1.807) is 17.1 Å². The van der Waals surface area contributed by atoms with Gasteiger partial charge in [0.05, 0.1) is 19.6 Å². The second-order valence-corrected chi connectivity index (χ2v) is 6.39. The van der Waals surface area contributed by atoms with E-state index in [4.69, 9.17) is 4.74 Å². The maximum Gasteiger partial charge on any atom is 0.312 e. The zero-order valence-electron chi connectivity index (χ0n) is 16.1. The minimum atomic E-state index is -0.408. The smallest absolute Gasteiger partial charge is 0.312 e. The fourth-order valence-corrected chi connectivity index (χ4v) is 2.78. The highest BCUT2D eigenvalue weighted by Gasteiger charge is 2.25. The number of esters is 1. The van der Waals surface area contributed by atoms with Gasteiger partial charge in [-0.3, -0.25) is 9.59 Å². The lowest BCUT2D eigenvalue weighted by molar-refractivity contribution is -0.143. The number of carbonyl (C=O) groups excluding carboxylic acids is 2. The molecule has 0 aliphatic carbocycles. The van der Waals surface area contributed by atoms with Gasteiger partial charge in [-0.1, -0.05) is 37.6 Å². The standard InChI is InChI=1S/C20H29NO4.H2O/c1-6-16(14(3)4)11-18(13-22)19(23)21-9-8-15(12-21)10-17(7-2)20(24)25-5;/h6-8,11,14,17,22H,2,9-10,12-13H2,1,3-5H3;1H2/b16-6+,18-11+;. The predicted octanol–water partition coefficient (Wildman–Crippen LogP) is 1.82. The molecule has 1 unspecified atom stereocenters. The molecule has 0 spiro atoms. The lowest BCUT2D eigenvalue weighted by atomic mass is 9.99. The van der Waals surface area contributed by atoms with Gasteiger partial charge in [0, 0.05) is 18.7 Å². The summed E-state index contributed by atoms with van der Waals surface area (Å²) in [6.07, 6.45) is 7.73. The Bertz CT molecular complexity index is 601. The Morgan fingerprint density at radius 3 is 2.54 bits per heavy atom. The molecule has 6 nitrogen and oxygen atoms in total. The van der Waals surface area contributed by atoms with Crippen LogP contribution in [-0.2, 0) is 14.3 Å². The number of allylic oxidation sites excluding steroid dienone is 3. The van der Waals surface area contributed by atoms with Gasteiger partial charge in [0.1, 0.15) is 0 Å². The first kappa shape index (κ1) is 23.8. The van der Waals surface area contributed by atoms with Gasteiger partial charge in [-0.15, -0.1) is 6.58 Å². The quantitative estimate of drug-likeness (QED) is 0.307. The normalized spacial score (nSPS) is 16.1. The van der Waals surface area contributed by atoms with E-state index in [-0.39, 0.29) is 29.9 Å². The summed E-state index contributed by atoms with van der Waals surface area (Å²) >= 11 is 0. The lowest BCUT2D eigenvalue weighted by Gasteiger charge is -2.19. The highest BCUT2D eigenvalue weighted by Crippen LogP contribution is 2.22. The predicted molar refractivity (Wildman–Crippen MR) is 102 cm³/mol. The topological polar surface area (TPSA) is 98.3 Å². The molecule has 1 amide bonds. The van der Waals surface area contributed by atoms with Crippen LogP contribution in [0.3, 0.4) is 0 Å². The number of ether oxygens (including phenoxy) is 1. The SMILES string of the molecule is C=CC(CC1=CCN(C(=O)/C(=C/C(=C\C)C(C)C)CO)C1)C(=O)OC.O. The average molecular weight is 365 g/mol. The molecular formula is C20H31NO5. The van der Waals surface area contributed by atoms with Gasteiger partial charge < -0.3 is 20.2 Å². The van der Waals surface area contributed by atoms with Crippen LogP contribution in [0.25, 0.3) is 0 Å². The Balaban J connectivity index is 0.00000625. The average Bonchev–Trinajstić information content (AvgIpc) is 3.07. The summed E-state index contributed by atoms with van der Waals surface area (Å²) in [5, 5.41) is 9.60. The second-order valence-electron chi connectivity index (χ2n) is 6.39. The fraction of sp³-hybridized carbons (Fsp3) is 0.500. The molecule has 1 atom stereocenters. The summed E-state index contributed by atoms with van der Waals surface area (Å²) in [5.41, 5.74) is 2.39. The molecule has 0 saturated heterocycles. The van der Waals surface area contributed by atoms with E-state index >= 15 is 0 Å². The fourth-order valence-electron chi connectivity index (χ4n) is 2.78. The third kappa shape index (κ3) is 6.28. The first-order valence-corrected chi connectivity index (χ1v) is 8.53. The van der Waals surface area contributed by atoms with Crippen LogP contribution < -0.4 is 0 Å². The molecule has 1 aliphatic heterocycles. The van der Waals surface area contributed by atoms with Crippen molar-refractivity contribution in [3.63, 3.8) is 0 Å². The van der Waals surface area contributed by atoms with Crippen LogP contribution in [0.4, 0.5) is 0 Å². The first-order valence-electron chi connectivity index (χ1n) is 8.53. The third-order valence-electron chi connectivity index (χ3n) is 4.34. The highest BCUT2D eigenvalue weighted by atomic mass is 16.5. The van der Waals surface area contributed by atoms with E-state index < -0.39 is 5.92 Å². The second kappa shape index (κ2) is 11.4. The molecule has 26 heavy (non-hydrogen) atoms. The van der Waals surface area contributed by atoms with E-state index in [0.29, 0.717) is 25.1 Å². The molecule has 0 saturated carbocycles. The number of hydrogen-bond donors (Lipinski definition) is 1. The van der Waals surface area contributed by atoms with Crippen molar-refractivity contribution in [1.82, 2.24) is 4.90 Å². The molecule has 1 heterocycles. The number of rotatable bonds is 8. The Morgan fingerprint density at radius 2 is 2.08 bits per heavy atom. The Kier molecular flexibility index (Phi) is 10.5. The van der Waals surface area contributed by atoms with Crippen LogP contribution in [0.5, 0.6) is 0 Å². The third-order valence-corrected chi connectivity index (χ3v) is 4.34. The van der Waals surface area contributed by atoms with Crippen molar-refractivity contribution in [3.8, 4) is 0 Å². The summed E-state index contributed by atoms with van der Waals surface area (Å²) in [4.78, 5) is 26.0. The minimum Gasteiger partial charge on any atom is -0.469 e. The molecule has 0 radical (unpaired) electrons. The maximum atomic E-state index is 12.7. The van der Waals surface area contributed by atoms with Crippen molar-refractivity contribution in [3.05, 3.63) is 47.6 Å². The van der Waals surface area contributed by atoms with Crippen LogP contribution in [0.2, 0.25) is 0 Å². The zero-order chi connectivity index (χ0) is 19.0. The molecule has 0 bridgehead atoms. The van der Waals surface area contributed by atoms with Crippen molar-refractivity contribution in [2.24, 2.45) is 11.8 Å². The molecule has 0 aromatic rings. The summed E-state index contributed by atoms with van der Waals surface area (Å²) in [6.45, 7) is 10.3. The van der Waals surface area contributed by atoms with E-state index in [9.17, 15) is 14.7 Å². The Morgan fingerprint density at radius 1 is 1.42 bits per heavy atom. The number of hydrogen-bond acceptors (Lipinski definition) is 4. The van der Waals surface area contributed by atoms with Crippen LogP contribution in [0.15, 0.2) is 47.6 Å². The van der Waals surface area contributed by atoms with Crippen molar-refractivity contribution < 1.29 is 24.9 Å². The van der Waals surface area contributed by atoms with Gasteiger partial charge >= 0.3 is 5.97 Å². The highest BCUT2D eigenvalue weighted by molar-refractivity contribution is 5.94. The van der Waals surface area contributed by atoms with Crippen molar-refractivity contribution in [2.45, 2.75) is 27.2 Å². The number of methoxy groups -OCH3 is 1. The van der Waals surface area contributed by atoms with Gasteiger partial charge in [0.15, 0.2) is 0 Å². The molecule has 0 fully saturated rings. The Labute approximate surface area is 155 Å². The Hall–Kier alpha value is -2.18. The minimum absolute atomic E-state index is 0. The van der Waals surface area contributed by atoms with Crippen molar-refractivity contribution >= 4 is 11.9 Å². The van der Waals surface area contributed by atoms with Crippen molar-refractivity contribution in [1.29, 1.82) is 0 Å². The van der Waals surface area contributed by atoms with Crippen LogP contribution in [-0.4, -0.2) is 54.2 Å². The molecule has 1 aliphatic rings. The first-order chi connectivity index (χ1) is 11.9. The van der Waals surface area contributed by atoms with Crippen LogP contribution in [0, 0.1) is 11.8 Å². The molecule has 146 valence electrons. The van der Waals surface area contributed by atoms with Gasteiger partial charge in [-0.2, -0.15) is 0 Å². The van der Waals surface area contributed by atoms with E-state index in [0.717, 1.165) is 11.1 Å². The number of nitrogens with zero attached hydrogens (tertiary/aromatic N) is 1. The number of aliphatic hydroxyl groups is 1. The van der Waals surface area contributed by atoms with Gasteiger partial charge in [-0.05, 0) is 30.9 Å². The molecule has 3 N–H and O–H groups in total. The largest absolute Gasteiger partial charge is 0.469 e. The summed E-state index contributed by atoms with van der Waals surface area (Å²) in [6, 6.07) is 0. The van der Waals surface area contributed by atoms with Crippen molar-refractivity contribution in [2.75, 3.05) is 26.8 Å². The van der Waals surface area contributed by atoms with E-state index in [1.165, 1.54) is 7.11 Å². The van der Waals surface area contributed by atoms with Crippen LogP contribution in [0.1, 0.15) is 27.2 Å².